The number of amides is 1. The van der Waals surface area contributed by atoms with Crippen LogP contribution in [0.5, 0.6) is 0 Å². The standard InChI is InChI=1S/C28H27NO4S/c1-18-10-14-23(15-11-18)29-26(30)17-34-25-9-4-3-8-24(25)28(32)33-19(2)27(31)22-13-12-20-6-5-7-21(20)16-22/h3-4,8-16,19H,5-7,17H2,1-2H3,(H,29,30)/t19-/m0/s1. The van der Waals surface area contributed by atoms with Gasteiger partial charge in [0.15, 0.2) is 6.10 Å². The monoisotopic (exact) mass is 473 g/mol. The first-order valence-electron chi connectivity index (χ1n) is 11.4. The molecule has 4 rings (SSSR count). The number of anilines is 1. The van der Waals surface area contributed by atoms with Crippen LogP contribution in [-0.2, 0) is 22.4 Å². The summed E-state index contributed by atoms with van der Waals surface area (Å²) in [5.74, 6) is -0.825. The van der Waals surface area contributed by atoms with Gasteiger partial charge in [-0.2, -0.15) is 0 Å². The number of carbonyl (C=O) groups is 3. The topological polar surface area (TPSA) is 72.5 Å². The van der Waals surface area contributed by atoms with Gasteiger partial charge in [0.05, 0.1) is 11.3 Å². The number of nitrogens with one attached hydrogen (secondary N) is 1. The maximum absolute atomic E-state index is 12.9. The van der Waals surface area contributed by atoms with Gasteiger partial charge < -0.3 is 10.1 Å². The lowest BCUT2D eigenvalue weighted by Gasteiger charge is -2.15. The second kappa shape index (κ2) is 10.7. The Balaban J connectivity index is 1.37. The number of thioether (sulfide) groups is 1. The number of aryl methyl sites for hydroxylation is 3. The van der Waals surface area contributed by atoms with E-state index < -0.39 is 12.1 Å². The summed E-state index contributed by atoms with van der Waals surface area (Å²) in [4.78, 5) is 38.7. The molecule has 5 nitrogen and oxygen atoms in total. The number of ketones is 1. The third kappa shape index (κ3) is 5.75. The van der Waals surface area contributed by atoms with E-state index in [4.69, 9.17) is 4.74 Å². The van der Waals surface area contributed by atoms with Crippen LogP contribution >= 0.6 is 11.8 Å². The van der Waals surface area contributed by atoms with E-state index in [9.17, 15) is 14.4 Å². The molecule has 3 aromatic carbocycles. The predicted molar refractivity (Wildman–Crippen MR) is 135 cm³/mol. The summed E-state index contributed by atoms with van der Waals surface area (Å²) in [6.07, 6.45) is 2.22. The van der Waals surface area contributed by atoms with E-state index in [1.54, 1.807) is 31.2 Å². The molecule has 1 amide bonds. The van der Waals surface area contributed by atoms with Gasteiger partial charge in [-0.1, -0.05) is 42.0 Å². The number of esters is 1. The normalized spacial score (nSPS) is 13.1. The molecule has 0 saturated carbocycles. The van der Waals surface area contributed by atoms with Crippen LogP contribution in [0.25, 0.3) is 0 Å². The van der Waals surface area contributed by atoms with Crippen molar-refractivity contribution in [2.24, 2.45) is 0 Å². The van der Waals surface area contributed by atoms with Gasteiger partial charge in [-0.25, -0.2) is 4.79 Å². The Labute approximate surface area is 203 Å². The smallest absolute Gasteiger partial charge is 0.339 e. The summed E-state index contributed by atoms with van der Waals surface area (Å²) in [7, 11) is 0. The average Bonchev–Trinajstić information content (AvgIpc) is 3.32. The largest absolute Gasteiger partial charge is 0.451 e. The van der Waals surface area contributed by atoms with Crippen LogP contribution in [0.4, 0.5) is 5.69 Å². The molecule has 0 spiro atoms. The van der Waals surface area contributed by atoms with E-state index in [1.807, 2.05) is 49.4 Å². The van der Waals surface area contributed by atoms with Crippen molar-refractivity contribution in [1.29, 1.82) is 0 Å². The summed E-state index contributed by atoms with van der Waals surface area (Å²) in [5, 5.41) is 2.85. The van der Waals surface area contributed by atoms with Crippen LogP contribution in [0.2, 0.25) is 0 Å². The molecule has 0 heterocycles. The second-order valence-corrected chi connectivity index (χ2v) is 9.47. The lowest BCUT2D eigenvalue weighted by Crippen LogP contribution is -2.25. The number of benzene rings is 3. The molecule has 0 bridgehead atoms. The zero-order chi connectivity index (χ0) is 24.1. The quantitative estimate of drug-likeness (QED) is 0.260. The Hall–Kier alpha value is -3.38. The van der Waals surface area contributed by atoms with E-state index in [1.165, 1.54) is 22.9 Å². The number of ether oxygens (including phenoxy) is 1. The molecule has 174 valence electrons. The molecule has 0 radical (unpaired) electrons. The summed E-state index contributed by atoms with van der Waals surface area (Å²) >= 11 is 1.25. The fourth-order valence-electron chi connectivity index (χ4n) is 3.98. The maximum Gasteiger partial charge on any atom is 0.339 e. The lowest BCUT2D eigenvalue weighted by atomic mass is 10.0. The highest BCUT2D eigenvalue weighted by Crippen LogP contribution is 2.26. The molecular formula is C28H27NO4S. The van der Waals surface area contributed by atoms with Crippen LogP contribution in [0.15, 0.2) is 71.6 Å². The van der Waals surface area contributed by atoms with Gasteiger partial charge in [0.1, 0.15) is 0 Å². The Bertz CT molecular complexity index is 1220. The van der Waals surface area contributed by atoms with Crippen molar-refractivity contribution in [3.63, 3.8) is 0 Å². The molecule has 6 heteroatoms. The number of hydrogen-bond donors (Lipinski definition) is 1. The van der Waals surface area contributed by atoms with Crippen LogP contribution in [0, 0.1) is 6.92 Å². The predicted octanol–water partition coefficient (Wildman–Crippen LogP) is 5.64. The number of fused-ring (bicyclic) bond motifs is 1. The van der Waals surface area contributed by atoms with Gasteiger partial charge in [0, 0.05) is 16.1 Å². The van der Waals surface area contributed by atoms with Crippen molar-refractivity contribution in [1.82, 2.24) is 0 Å². The second-order valence-electron chi connectivity index (χ2n) is 8.45. The maximum atomic E-state index is 12.9. The molecule has 1 aliphatic rings. The van der Waals surface area contributed by atoms with E-state index in [0.717, 1.165) is 30.5 Å². The van der Waals surface area contributed by atoms with E-state index >= 15 is 0 Å². The van der Waals surface area contributed by atoms with Crippen molar-refractivity contribution >= 4 is 35.1 Å². The molecule has 1 atom stereocenters. The summed E-state index contributed by atoms with van der Waals surface area (Å²) in [6, 6.07) is 20.2. The number of hydrogen-bond acceptors (Lipinski definition) is 5. The fourth-order valence-corrected chi connectivity index (χ4v) is 4.82. The van der Waals surface area contributed by atoms with E-state index in [0.29, 0.717) is 16.0 Å². The highest BCUT2D eigenvalue weighted by Gasteiger charge is 2.23. The summed E-state index contributed by atoms with van der Waals surface area (Å²) in [5.41, 5.74) is 5.24. The lowest BCUT2D eigenvalue weighted by molar-refractivity contribution is -0.113. The van der Waals surface area contributed by atoms with Crippen molar-refractivity contribution in [2.45, 2.75) is 44.1 Å². The molecule has 34 heavy (non-hydrogen) atoms. The van der Waals surface area contributed by atoms with Crippen molar-refractivity contribution in [3.8, 4) is 0 Å². The van der Waals surface area contributed by atoms with Gasteiger partial charge in [0.2, 0.25) is 11.7 Å². The number of rotatable bonds is 8. The summed E-state index contributed by atoms with van der Waals surface area (Å²) in [6.45, 7) is 3.58. The fraction of sp³-hybridized carbons (Fsp3) is 0.250. The van der Waals surface area contributed by atoms with Crippen LogP contribution < -0.4 is 5.32 Å². The first-order valence-corrected chi connectivity index (χ1v) is 12.3. The van der Waals surface area contributed by atoms with Gasteiger partial charge in [0.25, 0.3) is 0 Å². The van der Waals surface area contributed by atoms with E-state index in [2.05, 4.69) is 5.32 Å². The minimum absolute atomic E-state index is 0.141. The Morgan fingerprint density at radius 2 is 1.71 bits per heavy atom. The SMILES string of the molecule is Cc1ccc(NC(=O)CSc2ccccc2C(=O)O[C@@H](C)C(=O)c2ccc3c(c2)CCC3)cc1. The highest BCUT2D eigenvalue weighted by molar-refractivity contribution is 8.00. The first-order chi connectivity index (χ1) is 16.4. The molecule has 0 unspecified atom stereocenters. The first kappa shape index (κ1) is 23.8. The van der Waals surface area contributed by atoms with Gasteiger partial charge >= 0.3 is 5.97 Å². The molecule has 0 aromatic heterocycles. The van der Waals surface area contributed by atoms with Crippen LogP contribution in [0.1, 0.15) is 50.8 Å². The molecular weight excluding hydrogens is 446 g/mol. The number of Topliss-reactive ketones (excluding diaryl/α,β-unsaturated/α-hetero) is 1. The average molecular weight is 474 g/mol. The van der Waals surface area contributed by atoms with Crippen LogP contribution in [-0.4, -0.2) is 29.5 Å². The van der Waals surface area contributed by atoms with E-state index in [-0.39, 0.29) is 17.4 Å². The zero-order valence-electron chi connectivity index (χ0n) is 19.3. The van der Waals surface area contributed by atoms with Crippen molar-refractivity contribution < 1.29 is 19.1 Å². The van der Waals surface area contributed by atoms with Gasteiger partial charge in [-0.05, 0) is 74.6 Å². The Morgan fingerprint density at radius 3 is 2.50 bits per heavy atom. The van der Waals surface area contributed by atoms with Gasteiger partial charge in [-0.15, -0.1) is 11.8 Å². The molecule has 3 aromatic rings. The van der Waals surface area contributed by atoms with Crippen LogP contribution in [0.3, 0.4) is 0 Å². The minimum Gasteiger partial charge on any atom is -0.451 e. The zero-order valence-corrected chi connectivity index (χ0v) is 20.1. The molecule has 1 aliphatic carbocycles. The highest BCUT2D eigenvalue weighted by atomic mass is 32.2. The van der Waals surface area contributed by atoms with Crippen molar-refractivity contribution in [3.05, 3.63) is 94.5 Å². The number of carbonyl (C=O) groups excluding carboxylic acids is 3. The molecule has 0 aliphatic heterocycles. The molecule has 1 N–H and O–H groups in total. The minimum atomic E-state index is -0.908. The Morgan fingerprint density at radius 1 is 0.971 bits per heavy atom. The molecule has 0 fully saturated rings. The third-order valence-corrected chi connectivity index (χ3v) is 6.91. The van der Waals surface area contributed by atoms with Crippen molar-refractivity contribution in [2.75, 3.05) is 11.1 Å². The molecule has 0 saturated heterocycles. The summed E-state index contributed by atoms with van der Waals surface area (Å²) < 4.78 is 5.52. The third-order valence-electron chi connectivity index (χ3n) is 5.84. The Kier molecular flexibility index (Phi) is 7.48. The van der Waals surface area contributed by atoms with Gasteiger partial charge in [-0.3, -0.25) is 9.59 Å².